The fraction of sp³-hybridized carbons (Fsp3) is 0.214. The lowest BCUT2D eigenvalue weighted by Gasteiger charge is -2.29. The fourth-order valence-electron chi connectivity index (χ4n) is 4.54. The van der Waals surface area contributed by atoms with E-state index in [4.69, 9.17) is 4.74 Å². The van der Waals surface area contributed by atoms with Crippen molar-refractivity contribution in [2.24, 2.45) is 0 Å². The third kappa shape index (κ3) is 5.44. The highest BCUT2D eigenvalue weighted by molar-refractivity contribution is 5.98. The quantitative estimate of drug-likeness (QED) is 0.348. The second kappa shape index (κ2) is 10.4. The van der Waals surface area contributed by atoms with Crippen molar-refractivity contribution in [1.82, 2.24) is 19.9 Å². The summed E-state index contributed by atoms with van der Waals surface area (Å²) in [5.74, 6) is -0.591. The molecular formula is C28H22F4N4O3. The Kier molecular flexibility index (Phi) is 7.00. The number of hydrogen-bond acceptors (Lipinski definition) is 6. The molecule has 1 amide bonds. The summed E-state index contributed by atoms with van der Waals surface area (Å²) in [6.45, 7) is 0.845. The minimum atomic E-state index is -4.78. The Hall–Kier alpha value is -4.38. The van der Waals surface area contributed by atoms with Crippen LogP contribution in [0.25, 0.3) is 11.4 Å². The van der Waals surface area contributed by atoms with Crippen LogP contribution in [0.5, 0.6) is 5.75 Å². The lowest BCUT2D eigenvalue weighted by Crippen LogP contribution is -2.37. The van der Waals surface area contributed by atoms with Gasteiger partial charge in [0, 0.05) is 24.8 Å². The number of amides is 1. The first kappa shape index (κ1) is 26.2. The van der Waals surface area contributed by atoms with Crippen molar-refractivity contribution in [3.63, 3.8) is 0 Å². The summed E-state index contributed by atoms with van der Waals surface area (Å²) in [5.41, 5.74) is 1.18. The first-order valence-electron chi connectivity index (χ1n) is 11.9. The molecule has 5 rings (SSSR count). The molecule has 1 unspecified atom stereocenters. The van der Waals surface area contributed by atoms with Crippen LogP contribution in [0.4, 0.5) is 17.6 Å². The minimum absolute atomic E-state index is 0.0404. The summed E-state index contributed by atoms with van der Waals surface area (Å²) in [7, 11) is 1.58. The molecule has 0 bridgehead atoms. The normalized spacial score (nSPS) is 14.2. The van der Waals surface area contributed by atoms with Gasteiger partial charge in [0.25, 0.3) is 5.91 Å². The van der Waals surface area contributed by atoms with Crippen LogP contribution in [-0.4, -0.2) is 44.5 Å². The largest absolute Gasteiger partial charge is 0.497 e. The summed E-state index contributed by atoms with van der Waals surface area (Å²) >= 11 is 0. The summed E-state index contributed by atoms with van der Waals surface area (Å²) in [5, 5.41) is 10.8. The maximum absolute atomic E-state index is 13.9. The summed E-state index contributed by atoms with van der Waals surface area (Å²) in [4.78, 5) is 27.6. The Bertz CT molecular complexity index is 1530. The summed E-state index contributed by atoms with van der Waals surface area (Å²) in [6, 6.07) is 12.3. The van der Waals surface area contributed by atoms with Crippen LogP contribution in [0.1, 0.15) is 44.4 Å². The van der Waals surface area contributed by atoms with Crippen molar-refractivity contribution >= 4 is 5.91 Å². The zero-order valence-corrected chi connectivity index (χ0v) is 20.6. The molecule has 1 aliphatic rings. The Balaban J connectivity index is 1.42. The first-order valence-corrected chi connectivity index (χ1v) is 11.9. The highest BCUT2D eigenvalue weighted by Gasteiger charge is 2.32. The maximum atomic E-state index is 13.9. The molecule has 39 heavy (non-hydrogen) atoms. The average Bonchev–Trinajstić information content (AvgIpc) is 2.93. The van der Waals surface area contributed by atoms with E-state index in [1.54, 1.807) is 18.1 Å². The number of hydrogen-bond donors (Lipinski definition) is 1. The molecule has 11 heteroatoms. The molecule has 1 N–H and O–H groups in total. The van der Waals surface area contributed by atoms with E-state index in [-0.39, 0.29) is 22.9 Å². The van der Waals surface area contributed by atoms with Gasteiger partial charge in [0.2, 0.25) is 0 Å². The van der Waals surface area contributed by atoms with Gasteiger partial charge in [0.1, 0.15) is 24.0 Å². The number of benzene rings is 2. The number of alkyl halides is 3. The van der Waals surface area contributed by atoms with Crippen molar-refractivity contribution in [2.45, 2.75) is 25.2 Å². The van der Waals surface area contributed by atoms with Crippen molar-refractivity contribution in [3.05, 3.63) is 106 Å². The van der Waals surface area contributed by atoms with E-state index in [0.717, 1.165) is 23.7 Å². The standard InChI is InChI=1S/C28H22F4N4O3/c1-39-20-4-2-16(3-5-20)14-36-9-7-21-22(27(36)38)6-8-33-25(21)23-13-24(35-15-34-23)26(37)17-10-18(28(30,31)32)12-19(29)11-17/h2-6,8,10-13,15,26,37H,7,9,14H2,1H3. The molecule has 2 aromatic heterocycles. The van der Waals surface area contributed by atoms with Crippen LogP contribution >= 0.6 is 0 Å². The molecule has 200 valence electrons. The predicted molar refractivity (Wildman–Crippen MR) is 132 cm³/mol. The third-order valence-corrected chi connectivity index (χ3v) is 6.51. The van der Waals surface area contributed by atoms with Crippen LogP contribution < -0.4 is 4.74 Å². The van der Waals surface area contributed by atoms with E-state index in [0.29, 0.717) is 48.5 Å². The second-order valence-electron chi connectivity index (χ2n) is 9.01. The van der Waals surface area contributed by atoms with E-state index in [9.17, 15) is 27.5 Å². The first-order chi connectivity index (χ1) is 18.6. The average molecular weight is 539 g/mol. The number of nitrogens with zero attached hydrogens (tertiary/aromatic N) is 4. The number of fused-ring (bicyclic) bond motifs is 1. The molecule has 0 saturated heterocycles. The third-order valence-electron chi connectivity index (χ3n) is 6.51. The predicted octanol–water partition coefficient (Wildman–Crippen LogP) is 4.99. The van der Waals surface area contributed by atoms with E-state index in [1.165, 1.54) is 12.3 Å². The van der Waals surface area contributed by atoms with Gasteiger partial charge >= 0.3 is 6.18 Å². The fourth-order valence-corrected chi connectivity index (χ4v) is 4.54. The molecule has 7 nitrogen and oxygen atoms in total. The molecule has 0 aliphatic carbocycles. The van der Waals surface area contributed by atoms with Crippen LogP contribution in [0, 0.1) is 5.82 Å². The number of carbonyl (C=O) groups excluding carboxylic acids is 1. The smallest absolute Gasteiger partial charge is 0.416 e. The summed E-state index contributed by atoms with van der Waals surface area (Å²) in [6.07, 6.45) is -3.33. The van der Waals surface area contributed by atoms with E-state index >= 15 is 0 Å². The Morgan fingerprint density at radius 1 is 1.05 bits per heavy atom. The number of aliphatic hydroxyl groups excluding tert-OH is 1. The number of aliphatic hydroxyl groups is 1. The molecule has 0 fully saturated rings. The van der Waals surface area contributed by atoms with Gasteiger partial charge in [-0.25, -0.2) is 14.4 Å². The van der Waals surface area contributed by atoms with Crippen LogP contribution in [-0.2, 0) is 19.1 Å². The minimum Gasteiger partial charge on any atom is -0.497 e. The molecular weight excluding hydrogens is 516 g/mol. The van der Waals surface area contributed by atoms with Crippen molar-refractivity contribution < 1.29 is 32.2 Å². The lowest BCUT2D eigenvalue weighted by atomic mass is 9.95. The van der Waals surface area contributed by atoms with Gasteiger partial charge in [0.05, 0.1) is 29.8 Å². The van der Waals surface area contributed by atoms with Crippen molar-refractivity contribution in [1.29, 1.82) is 0 Å². The maximum Gasteiger partial charge on any atom is 0.416 e. The number of carbonyl (C=O) groups is 1. The van der Waals surface area contributed by atoms with E-state index in [1.807, 2.05) is 24.3 Å². The Morgan fingerprint density at radius 3 is 2.54 bits per heavy atom. The topological polar surface area (TPSA) is 88.4 Å². The van der Waals surface area contributed by atoms with Gasteiger partial charge in [-0.05, 0) is 65.6 Å². The van der Waals surface area contributed by atoms with Crippen LogP contribution in [0.3, 0.4) is 0 Å². The SMILES string of the molecule is COc1ccc(CN2CCc3c(ccnc3-c3cc(C(O)c4cc(F)cc(C(F)(F)F)c4)ncn3)C2=O)cc1. The van der Waals surface area contributed by atoms with Gasteiger partial charge in [-0.1, -0.05) is 12.1 Å². The Morgan fingerprint density at radius 2 is 1.82 bits per heavy atom. The van der Waals surface area contributed by atoms with Gasteiger partial charge in [-0.2, -0.15) is 13.2 Å². The van der Waals surface area contributed by atoms with Gasteiger partial charge in [-0.15, -0.1) is 0 Å². The molecule has 3 heterocycles. The number of rotatable bonds is 6. The zero-order valence-electron chi connectivity index (χ0n) is 20.6. The molecule has 0 spiro atoms. The van der Waals surface area contributed by atoms with Gasteiger partial charge in [-0.3, -0.25) is 9.78 Å². The van der Waals surface area contributed by atoms with Crippen molar-refractivity contribution in [2.75, 3.05) is 13.7 Å². The number of pyridine rings is 1. The number of methoxy groups -OCH3 is 1. The van der Waals surface area contributed by atoms with Crippen LogP contribution in [0.2, 0.25) is 0 Å². The number of aromatic nitrogens is 3. The molecule has 2 aromatic carbocycles. The van der Waals surface area contributed by atoms with Crippen molar-refractivity contribution in [3.8, 4) is 17.1 Å². The lowest BCUT2D eigenvalue weighted by molar-refractivity contribution is -0.137. The molecule has 1 aliphatic heterocycles. The highest BCUT2D eigenvalue weighted by Crippen LogP contribution is 2.34. The van der Waals surface area contributed by atoms with E-state index < -0.39 is 23.7 Å². The molecule has 1 atom stereocenters. The second-order valence-corrected chi connectivity index (χ2v) is 9.01. The van der Waals surface area contributed by atoms with Gasteiger partial charge < -0.3 is 14.7 Å². The molecule has 0 saturated carbocycles. The van der Waals surface area contributed by atoms with Gasteiger partial charge in [0.15, 0.2) is 0 Å². The van der Waals surface area contributed by atoms with Crippen LogP contribution in [0.15, 0.2) is 67.1 Å². The summed E-state index contributed by atoms with van der Waals surface area (Å²) < 4.78 is 58.6. The monoisotopic (exact) mass is 538 g/mol. The zero-order chi connectivity index (χ0) is 27.7. The number of halogens is 4. The van der Waals surface area contributed by atoms with E-state index in [2.05, 4.69) is 15.0 Å². The number of ether oxygens (including phenoxy) is 1. The molecule has 4 aromatic rings. The Labute approximate surface area is 220 Å². The molecule has 0 radical (unpaired) electrons. The highest BCUT2D eigenvalue weighted by atomic mass is 19.4.